The molecule has 0 bridgehead atoms. The Morgan fingerprint density at radius 3 is 2.52 bits per heavy atom. The van der Waals surface area contributed by atoms with Crippen molar-refractivity contribution in [3.63, 3.8) is 0 Å². The molecule has 0 aliphatic carbocycles. The third kappa shape index (κ3) is 4.20. The highest BCUT2D eigenvalue weighted by Gasteiger charge is 2.70. The zero-order chi connectivity index (χ0) is 22.8. The molecule has 1 aromatic rings. The highest BCUT2D eigenvalue weighted by molar-refractivity contribution is 7.84. The van der Waals surface area contributed by atoms with Crippen LogP contribution in [0.3, 0.4) is 0 Å². The van der Waals surface area contributed by atoms with Gasteiger partial charge in [0.15, 0.2) is 0 Å². The van der Waals surface area contributed by atoms with E-state index < -0.39 is 44.8 Å². The lowest BCUT2D eigenvalue weighted by molar-refractivity contribution is -0.143. The first-order valence-electron chi connectivity index (χ1n) is 9.54. The topological polar surface area (TPSA) is 194 Å². The molecule has 2 aliphatic rings. The van der Waals surface area contributed by atoms with Crippen LogP contribution in [0, 0.1) is 0 Å². The quantitative estimate of drug-likeness (QED) is 0.141. The summed E-state index contributed by atoms with van der Waals surface area (Å²) in [5.41, 5.74) is 11.7. The molecule has 2 saturated heterocycles. The Morgan fingerprint density at radius 2 is 1.94 bits per heavy atom. The van der Waals surface area contributed by atoms with E-state index in [1.54, 1.807) is 12.1 Å². The number of nitrogens with zero attached hydrogens (tertiary/aromatic N) is 2. The van der Waals surface area contributed by atoms with Gasteiger partial charge in [0, 0.05) is 37.3 Å². The summed E-state index contributed by atoms with van der Waals surface area (Å²) in [5, 5.41) is 5.23. The minimum absolute atomic E-state index is 0.0957. The van der Waals surface area contributed by atoms with Gasteiger partial charge >= 0.3 is 22.4 Å². The van der Waals surface area contributed by atoms with Crippen molar-refractivity contribution in [2.45, 2.75) is 18.5 Å². The van der Waals surface area contributed by atoms with Gasteiger partial charge in [-0.25, -0.2) is 13.9 Å². The summed E-state index contributed by atoms with van der Waals surface area (Å²) in [4.78, 5) is 36.8. The summed E-state index contributed by atoms with van der Waals surface area (Å²) in [6, 6.07) is 3.01. The average molecular weight is 457 g/mol. The number of quaternary nitrogens is 1. The Labute approximate surface area is 178 Å². The van der Waals surface area contributed by atoms with Gasteiger partial charge in [-0.05, 0) is 12.1 Å². The highest BCUT2D eigenvalue weighted by atomic mass is 32.2. The van der Waals surface area contributed by atoms with Crippen LogP contribution in [-0.4, -0.2) is 80.2 Å². The molecule has 0 aromatic heterocycles. The fourth-order valence-electron chi connectivity index (χ4n) is 4.09. The van der Waals surface area contributed by atoms with Gasteiger partial charge in [-0.15, -0.1) is 0 Å². The van der Waals surface area contributed by atoms with Crippen molar-refractivity contribution in [3.8, 4) is 0 Å². The van der Waals surface area contributed by atoms with E-state index >= 15 is 0 Å². The van der Waals surface area contributed by atoms with Gasteiger partial charge in [0.1, 0.15) is 11.7 Å². The number of fused-ring (bicyclic) bond motifs is 1. The standard InChI is InChI=1S/C17H24N6O7S/c18-6-9-30-10-7-20-17(26)21-11-1-3-12(4-2-11)23(16(19)25)8-5-13-14(23)15(24)22(13)31(27,28)29/h1-4,13-14H,5-10,18H2,(H4-,19,20,21,25,26,27,28,29)/p+1/t13-,14+,23?/m1/s1. The maximum atomic E-state index is 12.4. The number of carbonyl (C=O) groups is 3. The third-order valence-corrected chi connectivity index (χ3v) is 6.36. The summed E-state index contributed by atoms with van der Waals surface area (Å²) in [7, 11) is -4.71. The van der Waals surface area contributed by atoms with Crippen LogP contribution < -0.4 is 26.6 Å². The van der Waals surface area contributed by atoms with E-state index in [-0.39, 0.29) is 13.0 Å². The normalized spacial score (nSPS) is 25.0. The Morgan fingerprint density at radius 1 is 1.26 bits per heavy atom. The first-order valence-corrected chi connectivity index (χ1v) is 10.9. The first kappa shape index (κ1) is 22.9. The summed E-state index contributed by atoms with van der Waals surface area (Å²) in [5.74, 6) is -0.887. The van der Waals surface area contributed by atoms with Crippen molar-refractivity contribution in [2.75, 3.05) is 38.2 Å². The number of hydrogen-bond acceptors (Lipinski definition) is 7. The second kappa shape index (κ2) is 8.76. The number of primary amides is 1. The van der Waals surface area contributed by atoms with Crippen molar-refractivity contribution < 1.29 is 32.1 Å². The number of amides is 5. The van der Waals surface area contributed by atoms with E-state index in [1.807, 2.05) is 0 Å². The van der Waals surface area contributed by atoms with Crippen molar-refractivity contribution in [1.29, 1.82) is 0 Å². The van der Waals surface area contributed by atoms with E-state index in [0.717, 1.165) is 0 Å². The van der Waals surface area contributed by atoms with Gasteiger partial charge in [0.25, 0.3) is 5.91 Å². The van der Waals surface area contributed by atoms with Crippen LogP contribution in [0.25, 0.3) is 0 Å². The number of likely N-dealkylation sites (tertiary alicyclic amines) is 1. The van der Waals surface area contributed by atoms with E-state index in [1.165, 1.54) is 12.1 Å². The minimum Gasteiger partial charge on any atom is -0.378 e. The number of nitrogens with one attached hydrogen (secondary N) is 2. The predicted octanol–water partition coefficient (Wildman–Crippen LogP) is -1.04. The zero-order valence-electron chi connectivity index (χ0n) is 16.6. The fourth-order valence-corrected chi connectivity index (χ4v) is 4.99. The molecular formula is C17H25N6O7S+. The molecule has 31 heavy (non-hydrogen) atoms. The molecule has 2 aliphatic heterocycles. The Hall–Kier alpha value is -2.78. The second-order valence-corrected chi connectivity index (χ2v) is 8.46. The molecule has 2 heterocycles. The number of carbonyl (C=O) groups excluding carboxylic acids is 3. The first-order chi connectivity index (χ1) is 14.6. The molecule has 170 valence electrons. The number of β-lactam (4-membered cyclic amide) rings is 1. The molecular weight excluding hydrogens is 432 g/mol. The zero-order valence-corrected chi connectivity index (χ0v) is 17.4. The van der Waals surface area contributed by atoms with E-state index in [0.29, 0.717) is 42.0 Å². The van der Waals surface area contributed by atoms with Crippen LogP contribution in [0.4, 0.5) is 21.0 Å². The van der Waals surface area contributed by atoms with Crippen LogP contribution in [0.5, 0.6) is 0 Å². The monoisotopic (exact) mass is 457 g/mol. The summed E-state index contributed by atoms with van der Waals surface area (Å²) < 4.78 is 37.1. The van der Waals surface area contributed by atoms with E-state index in [4.69, 9.17) is 16.2 Å². The maximum absolute atomic E-state index is 12.4. The van der Waals surface area contributed by atoms with Crippen LogP contribution in [0.2, 0.25) is 0 Å². The van der Waals surface area contributed by atoms with Crippen LogP contribution in [-0.2, 0) is 19.8 Å². The molecule has 1 unspecified atom stereocenters. The molecule has 13 nitrogen and oxygen atoms in total. The van der Waals surface area contributed by atoms with Crippen LogP contribution >= 0.6 is 0 Å². The lowest BCUT2D eigenvalue weighted by Crippen LogP contribution is -2.76. The molecule has 3 atom stereocenters. The predicted molar refractivity (Wildman–Crippen MR) is 110 cm³/mol. The number of anilines is 1. The molecule has 0 radical (unpaired) electrons. The van der Waals surface area contributed by atoms with Crippen molar-refractivity contribution in [2.24, 2.45) is 11.5 Å². The number of hydrogen-bond donors (Lipinski definition) is 5. The molecule has 0 spiro atoms. The van der Waals surface area contributed by atoms with Crippen LogP contribution in [0.1, 0.15) is 6.42 Å². The van der Waals surface area contributed by atoms with Gasteiger partial charge in [0.05, 0.1) is 19.8 Å². The maximum Gasteiger partial charge on any atom is 0.419 e. The number of urea groups is 2. The summed E-state index contributed by atoms with van der Waals surface area (Å²) >= 11 is 0. The third-order valence-electron chi connectivity index (χ3n) is 5.41. The lowest BCUT2D eigenvalue weighted by atomic mass is 9.98. The van der Waals surface area contributed by atoms with Crippen molar-refractivity contribution in [1.82, 2.24) is 14.1 Å². The molecule has 7 N–H and O–H groups in total. The molecule has 0 saturated carbocycles. The Kier molecular flexibility index (Phi) is 6.47. The Bertz CT molecular complexity index is 970. The lowest BCUT2D eigenvalue weighted by Gasteiger charge is -2.44. The fraction of sp³-hybridized carbons (Fsp3) is 0.471. The number of nitrogens with two attached hydrogens (primary N) is 2. The van der Waals surface area contributed by atoms with Gasteiger partial charge in [-0.2, -0.15) is 12.9 Å². The smallest absolute Gasteiger partial charge is 0.378 e. The summed E-state index contributed by atoms with van der Waals surface area (Å²) in [6.07, 6.45) is 0.174. The molecule has 2 fully saturated rings. The number of rotatable bonds is 8. The highest BCUT2D eigenvalue weighted by Crippen LogP contribution is 2.44. The van der Waals surface area contributed by atoms with E-state index in [2.05, 4.69) is 10.6 Å². The van der Waals surface area contributed by atoms with Crippen molar-refractivity contribution >= 4 is 39.6 Å². The second-order valence-electron chi connectivity index (χ2n) is 7.17. The molecule has 3 rings (SSSR count). The van der Waals surface area contributed by atoms with E-state index in [9.17, 15) is 27.4 Å². The largest absolute Gasteiger partial charge is 0.419 e. The van der Waals surface area contributed by atoms with Gasteiger partial charge in [-0.3, -0.25) is 9.35 Å². The summed E-state index contributed by atoms with van der Waals surface area (Å²) in [6.45, 7) is 1.50. The average Bonchev–Trinajstić information content (AvgIpc) is 3.03. The van der Waals surface area contributed by atoms with Gasteiger partial charge < -0.3 is 26.8 Å². The Balaban J connectivity index is 1.70. The number of ether oxygens (including phenoxy) is 1. The van der Waals surface area contributed by atoms with Gasteiger partial charge in [-0.1, -0.05) is 0 Å². The molecule has 14 heteroatoms. The number of benzene rings is 1. The minimum atomic E-state index is -4.71. The molecule has 1 aromatic carbocycles. The van der Waals surface area contributed by atoms with Crippen molar-refractivity contribution in [3.05, 3.63) is 24.3 Å². The van der Waals surface area contributed by atoms with Gasteiger partial charge in [0.2, 0.25) is 6.04 Å². The molecule has 5 amide bonds. The SMILES string of the molecule is NCCOCCNC(=O)Nc1ccc([N+]2(C(N)=O)CC[C@@H]3[C@H]2C(=O)N3S(=O)(=O)O)cc1. The van der Waals surface area contributed by atoms with Crippen LogP contribution in [0.15, 0.2) is 24.3 Å².